The third-order valence-corrected chi connectivity index (χ3v) is 12.5. The molecular weight excluding hydrogens is 968 g/mol. The second-order valence-electron chi connectivity index (χ2n) is 18.7. The zero-order valence-corrected chi connectivity index (χ0v) is 42.5. The Bertz CT molecular complexity index is 1610. The second kappa shape index (κ2) is 41.2. The van der Waals surface area contributed by atoms with Crippen molar-refractivity contribution in [3.8, 4) is 0 Å². The number of alkyl halides is 1. The van der Waals surface area contributed by atoms with E-state index in [9.17, 15) is 73.4 Å². The van der Waals surface area contributed by atoms with Crippen LogP contribution in [0.3, 0.4) is 0 Å². The highest BCUT2D eigenvalue weighted by atomic mass is 19.1. The van der Waals surface area contributed by atoms with Gasteiger partial charge in [-0.3, -0.25) is 33.6 Å². The molecular formula is C50H85FN2O20. The third-order valence-electron chi connectivity index (χ3n) is 12.5. The average molecular weight is 1050 g/mol. The summed E-state index contributed by atoms with van der Waals surface area (Å²) in [4.78, 5) is 95.6. The van der Waals surface area contributed by atoms with Crippen molar-refractivity contribution < 1.29 is 102 Å². The van der Waals surface area contributed by atoms with Crippen molar-refractivity contribution in [3.63, 3.8) is 0 Å². The number of Topliss-reactive ketones (excluding diaryl/α,β-unsaturated/α-hetero) is 3. The lowest BCUT2D eigenvalue weighted by molar-refractivity contribution is -0.243. The van der Waals surface area contributed by atoms with E-state index in [1.807, 2.05) is 0 Å². The number of halogens is 1. The van der Waals surface area contributed by atoms with E-state index in [-0.39, 0.29) is 102 Å². The summed E-state index contributed by atoms with van der Waals surface area (Å²) >= 11 is 0. The zero-order chi connectivity index (χ0) is 54.3. The smallest absolute Gasteiger partial charge is 0.338 e. The molecule has 7 atom stereocenters. The summed E-state index contributed by atoms with van der Waals surface area (Å²) in [5.74, 6) is -7.76. The fraction of sp³-hybridized carbons (Fsp3) is 0.840. The lowest BCUT2D eigenvalue weighted by Gasteiger charge is -2.46. The number of ketones is 3. The van der Waals surface area contributed by atoms with E-state index in [0.717, 1.165) is 57.8 Å². The largest absolute Gasteiger partial charge is 0.481 e. The van der Waals surface area contributed by atoms with E-state index < -0.39 is 111 Å². The number of rotatable bonds is 49. The Hall–Kier alpha value is -4.07. The molecule has 1 fully saturated rings. The molecule has 2 amide bonds. The molecule has 9 N–H and O–H groups in total. The predicted molar refractivity (Wildman–Crippen MR) is 259 cm³/mol. The quantitative estimate of drug-likeness (QED) is 0.0395. The van der Waals surface area contributed by atoms with Gasteiger partial charge in [0, 0.05) is 64.0 Å². The topological polar surface area (TPSA) is 348 Å². The molecule has 23 heteroatoms. The molecule has 0 bridgehead atoms. The molecule has 22 nitrogen and oxygen atoms in total. The Morgan fingerprint density at radius 2 is 1.15 bits per heavy atom. The van der Waals surface area contributed by atoms with Gasteiger partial charge in [-0.15, -0.1) is 0 Å². The van der Waals surface area contributed by atoms with Crippen LogP contribution in [0.15, 0.2) is 0 Å². The lowest BCUT2D eigenvalue weighted by Crippen LogP contribution is -2.62. The number of nitrogens with one attached hydrogen (secondary N) is 2. The van der Waals surface area contributed by atoms with Crippen LogP contribution in [-0.2, 0) is 62.0 Å². The van der Waals surface area contributed by atoms with Gasteiger partial charge in [-0.05, 0) is 25.7 Å². The molecule has 2 unspecified atom stereocenters. The first kappa shape index (κ1) is 66.9. The Morgan fingerprint density at radius 3 is 1.70 bits per heavy atom. The predicted octanol–water partition coefficient (Wildman–Crippen LogP) is 2.63. The van der Waals surface area contributed by atoms with Crippen LogP contribution >= 0.6 is 0 Å². The van der Waals surface area contributed by atoms with Crippen LogP contribution in [0.4, 0.5) is 4.39 Å². The fourth-order valence-corrected chi connectivity index (χ4v) is 8.17. The molecule has 0 saturated carbocycles. The van der Waals surface area contributed by atoms with Crippen LogP contribution in [0.2, 0.25) is 0 Å². The number of aliphatic carboxylic acids is 3. The lowest BCUT2D eigenvalue weighted by atomic mass is 9.77. The number of unbranched alkanes of at least 4 members (excludes halogenated alkanes) is 13. The van der Waals surface area contributed by atoms with Crippen LogP contribution < -0.4 is 10.6 Å². The van der Waals surface area contributed by atoms with Crippen molar-refractivity contribution >= 4 is 47.1 Å². The molecule has 0 spiro atoms. The van der Waals surface area contributed by atoms with Gasteiger partial charge in [0.25, 0.3) is 0 Å². The number of carboxylic acids is 3. The van der Waals surface area contributed by atoms with Crippen molar-refractivity contribution in [2.75, 3.05) is 79.2 Å². The van der Waals surface area contributed by atoms with Gasteiger partial charge >= 0.3 is 17.9 Å². The van der Waals surface area contributed by atoms with E-state index in [1.165, 1.54) is 32.1 Å². The normalized spacial score (nSPS) is 18.9. The zero-order valence-electron chi connectivity index (χ0n) is 42.5. The minimum atomic E-state index is -2.54. The average Bonchev–Trinajstić information content (AvgIpc) is 3.35. The van der Waals surface area contributed by atoms with Crippen LogP contribution in [0, 0.1) is 11.8 Å². The standard InChI is InChI=1S/C50H85FN2O20/c51-35-50(49(67)68)30-41(58)40(47(73-50)46(64)42(59)32-54)29-39(57)31-53-44(61)34-72-27-24-69-22-15-17-38(56)33-71-26-25-70-23-21-52-43(60)20-19-36(48(65)66)28-37(55)16-13-11-9-7-5-3-1-2-4-6-8-10-12-14-18-45(62)63/h36,40-42,46-47,54,58-59,64H,1-35H2,(H,52,60)(H,53,61)(H,62,63)(H,65,66)(H,67,68)/t36-,40-,41-,42-,46?,47?,50+/m1/s1. The van der Waals surface area contributed by atoms with E-state index in [2.05, 4.69) is 10.6 Å². The first-order valence-corrected chi connectivity index (χ1v) is 25.9. The van der Waals surface area contributed by atoms with Crippen LogP contribution in [0.25, 0.3) is 0 Å². The number of amides is 2. The molecule has 0 aromatic carbocycles. The maximum atomic E-state index is 13.7. The minimum Gasteiger partial charge on any atom is -0.481 e. The number of aliphatic hydroxyl groups excluding tert-OH is 4. The van der Waals surface area contributed by atoms with Gasteiger partial charge in [0.05, 0.1) is 64.3 Å². The summed E-state index contributed by atoms with van der Waals surface area (Å²) in [6.07, 6.45) is 7.61. The van der Waals surface area contributed by atoms with Crippen LogP contribution in [-0.4, -0.2) is 192 Å². The van der Waals surface area contributed by atoms with Gasteiger partial charge in [-0.1, -0.05) is 77.0 Å². The van der Waals surface area contributed by atoms with Crippen LogP contribution in [0.1, 0.15) is 148 Å². The van der Waals surface area contributed by atoms with E-state index in [1.54, 1.807) is 0 Å². The highest BCUT2D eigenvalue weighted by Crippen LogP contribution is 2.38. The van der Waals surface area contributed by atoms with Crippen molar-refractivity contribution in [1.29, 1.82) is 0 Å². The van der Waals surface area contributed by atoms with Gasteiger partial charge < -0.3 is 70.1 Å². The molecule has 0 aliphatic carbocycles. The number of carbonyl (C=O) groups is 8. The Kier molecular flexibility index (Phi) is 37.8. The maximum absolute atomic E-state index is 13.7. The number of hydrogen-bond acceptors (Lipinski definition) is 17. The summed E-state index contributed by atoms with van der Waals surface area (Å²) in [7, 11) is 0. The fourth-order valence-electron chi connectivity index (χ4n) is 8.17. The summed E-state index contributed by atoms with van der Waals surface area (Å²) in [5, 5.41) is 72.9. The van der Waals surface area contributed by atoms with Crippen molar-refractivity contribution in [2.45, 2.75) is 178 Å². The second-order valence-corrected chi connectivity index (χ2v) is 18.7. The first-order valence-electron chi connectivity index (χ1n) is 25.9. The van der Waals surface area contributed by atoms with Crippen molar-refractivity contribution in [3.05, 3.63) is 0 Å². The maximum Gasteiger partial charge on any atom is 0.338 e. The Morgan fingerprint density at radius 1 is 0.616 bits per heavy atom. The summed E-state index contributed by atoms with van der Waals surface area (Å²) in [6, 6.07) is 0. The molecule has 0 aromatic heterocycles. The highest BCUT2D eigenvalue weighted by molar-refractivity contribution is 5.87. The monoisotopic (exact) mass is 1050 g/mol. The molecule has 0 aromatic rings. The van der Waals surface area contributed by atoms with Crippen molar-refractivity contribution in [1.82, 2.24) is 10.6 Å². The van der Waals surface area contributed by atoms with Gasteiger partial charge in [0.15, 0.2) is 17.2 Å². The molecule has 1 saturated heterocycles. The minimum absolute atomic E-state index is 0.0149. The van der Waals surface area contributed by atoms with E-state index >= 15 is 0 Å². The van der Waals surface area contributed by atoms with Gasteiger partial charge in [-0.2, -0.15) is 0 Å². The van der Waals surface area contributed by atoms with Gasteiger partial charge in [0.2, 0.25) is 11.8 Å². The summed E-state index contributed by atoms with van der Waals surface area (Å²) in [6.45, 7) is -2.62. The number of carboxylic acid groups (broad SMARTS) is 3. The molecule has 0 radical (unpaired) electrons. The molecule has 1 aliphatic rings. The van der Waals surface area contributed by atoms with Crippen LogP contribution in [0.5, 0.6) is 0 Å². The summed E-state index contributed by atoms with van der Waals surface area (Å²) < 4.78 is 40.4. The number of carbonyl (C=O) groups excluding carboxylic acids is 5. The Labute approximate surface area is 427 Å². The first-order chi connectivity index (χ1) is 35.0. The number of hydrogen-bond donors (Lipinski definition) is 9. The molecule has 1 rings (SSSR count). The number of aliphatic hydroxyl groups is 4. The Balaban J connectivity index is 2.04. The van der Waals surface area contributed by atoms with Gasteiger partial charge in [-0.25, -0.2) is 9.18 Å². The summed E-state index contributed by atoms with van der Waals surface area (Å²) in [5.41, 5.74) is -2.54. The molecule has 1 heterocycles. The van der Waals surface area contributed by atoms with Crippen molar-refractivity contribution in [2.24, 2.45) is 11.8 Å². The SMILES string of the molecule is O=C(O)CCCCCCCCCCCCCCCCC(=O)C[C@@H](CCC(=O)NCCOCCOCC(=O)CCCOCCOCC(=O)NCC(=O)C[C@H]1C(C(O)[C@H](O)CO)O[C@@](CF)(C(=O)O)C[C@H]1O)C(=O)O. The molecule has 1 aliphatic heterocycles. The number of ether oxygens (including phenoxy) is 5. The van der Waals surface area contributed by atoms with E-state index in [0.29, 0.717) is 12.8 Å². The van der Waals surface area contributed by atoms with E-state index in [4.69, 9.17) is 28.8 Å². The molecule has 422 valence electrons. The molecule has 73 heavy (non-hydrogen) atoms. The third kappa shape index (κ3) is 32.1. The van der Waals surface area contributed by atoms with Gasteiger partial charge in [0.1, 0.15) is 37.9 Å². The highest BCUT2D eigenvalue weighted by Gasteiger charge is 2.54.